The van der Waals surface area contributed by atoms with Crippen molar-refractivity contribution in [3.8, 4) is 34.3 Å². The quantitative estimate of drug-likeness (QED) is 0.197. The van der Waals surface area contributed by atoms with Crippen LogP contribution in [0.3, 0.4) is 0 Å². The Morgan fingerprint density at radius 3 is 2.10 bits per heavy atom. The zero-order chi connectivity index (χ0) is 29.0. The van der Waals surface area contributed by atoms with E-state index in [-0.39, 0.29) is 5.91 Å². The molecule has 0 saturated heterocycles. The molecular formula is C29H19F5N4O3. The van der Waals surface area contributed by atoms with Gasteiger partial charge in [-0.15, -0.1) is 5.10 Å². The molecule has 0 radical (unpaired) electrons. The highest BCUT2D eigenvalue weighted by Gasteiger charge is 2.61. The van der Waals surface area contributed by atoms with E-state index < -0.39 is 18.0 Å². The molecule has 0 unspecified atom stereocenters. The second-order valence-corrected chi connectivity index (χ2v) is 8.57. The topological polar surface area (TPSA) is 78.3 Å². The Kier molecular flexibility index (Phi) is 7.38. The lowest BCUT2D eigenvalue weighted by Gasteiger charge is -2.20. The molecule has 5 rings (SSSR count). The maximum atomic E-state index is 13.1. The number of benzene rings is 4. The van der Waals surface area contributed by atoms with Gasteiger partial charge in [-0.25, -0.2) is 9.67 Å². The molecule has 0 atom stereocenters. The third-order valence-corrected chi connectivity index (χ3v) is 5.67. The van der Waals surface area contributed by atoms with Crippen molar-refractivity contribution in [2.24, 2.45) is 0 Å². The molecule has 1 aromatic heterocycles. The van der Waals surface area contributed by atoms with Crippen LogP contribution in [0.2, 0.25) is 0 Å². The van der Waals surface area contributed by atoms with Crippen LogP contribution >= 0.6 is 0 Å². The van der Waals surface area contributed by atoms with Gasteiger partial charge in [0.25, 0.3) is 5.91 Å². The van der Waals surface area contributed by atoms with Crippen LogP contribution < -0.4 is 14.8 Å². The monoisotopic (exact) mass is 566 g/mol. The van der Waals surface area contributed by atoms with Crippen molar-refractivity contribution < 1.29 is 36.2 Å². The molecule has 0 bridgehead atoms. The van der Waals surface area contributed by atoms with Crippen LogP contribution in [0.25, 0.3) is 17.1 Å². The van der Waals surface area contributed by atoms with E-state index >= 15 is 0 Å². The van der Waals surface area contributed by atoms with Gasteiger partial charge in [0.05, 0.1) is 11.3 Å². The summed E-state index contributed by atoms with van der Waals surface area (Å²) < 4.78 is 74.3. The molecular weight excluding hydrogens is 547 g/mol. The number of para-hydroxylation sites is 2. The Morgan fingerprint density at radius 1 is 0.756 bits per heavy atom. The number of hydrogen-bond donors (Lipinski definition) is 1. The number of aromatic nitrogens is 3. The number of amides is 1. The van der Waals surface area contributed by atoms with Crippen molar-refractivity contribution in [3.05, 3.63) is 115 Å². The number of alkyl halides is 5. The molecule has 208 valence electrons. The summed E-state index contributed by atoms with van der Waals surface area (Å²) in [7, 11) is 0. The van der Waals surface area contributed by atoms with E-state index in [1.165, 1.54) is 23.1 Å². The first-order valence-electron chi connectivity index (χ1n) is 12.0. The molecule has 0 aliphatic heterocycles. The zero-order valence-electron chi connectivity index (χ0n) is 20.8. The average Bonchev–Trinajstić information content (AvgIpc) is 3.44. The minimum atomic E-state index is -5.84. The maximum Gasteiger partial charge on any atom is 0.499 e. The number of ether oxygens (including phenoxy) is 2. The number of halogens is 5. The Bertz CT molecular complexity index is 1640. The smallest absolute Gasteiger partial charge is 0.457 e. The van der Waals surface area contributed by atoms with Gasteiger partial charge in [-0.05, 0) is 72.8 Å². The van der Waals surface area contributed by atoms with Gasteiger partial charge in [-0.1, -0.05) is 30.3 Å². The predicted octanol–water partition coefficient (Wildman–Crippen LogP) is 7.51. The molecule has 0 fully saturated rings. The SMILES string of the molecule is O=C(Nc1ccc(-c2ncn(-c3ccc(OC(F)(F)C(F)(F)F)cc3)n2)cc1)c1ccccc1Oc1ccccc1. The predicted molar refractivity (Wildman–Crippen MR) is 139 cm³/mol. The van der Waals surface area contributed by atoms with E-state index in [2.05, 4.69) is 20.1 Å². The number of hydrogen-bond acceptors (Lipinski definition) is 5. The molecule has 5 aromatic rings. The summed E-state index contributed by atoms with van der Waals surface area (Å²) in [5, 5.41) is 7.14. The first-order valence-corrected chi connectivity index (χ1v) is 12.0. The highest BCUT2D eigenvalue weighted by Crippen LogP contribution is 2.37. The molecule has 0 aliphatic rings. The molecule has 1 N–H and O–H groups in total. The average molecular weight is 566 g/mol. The minimum absolute atomic E-state index is 0.313. The molecule has 1 heterocycles. The second kappa shape index (κ2) is 11.1. The van der Waals surface area contributed by atoms with E-state index in [0.717, 1.165) is 12.1 Å². The van der Waals surface area contributed by atoms with Crippen molar-refractivity contribution in [2.75, 3.05) is 5.32 Å². The molecule has 0 spiro atoms. The van der Waals surface area contributed by atoms with Gasteiger partial charge in [-0.3, -0.25) is 4.79 Å². The van der Waals surface area contributed by atoms with Crippen LogP contribution in [0.15, 0.2) is 109 Å². The highest BCUT2D eigenvalue weighted by atomic mass is 19.4. The summed E-state index contributed by atoms with van der Waals surface area (Å²) in [4.78, 5) is 17.2. The van der Waals surface area contributed by atoms with Gasteiger partial charge in [0.1, 0.15) is 23.6 Å². The molecule has 0 saturated carbocycles. The first-order chi connectivity index (χ1) is 19.6. The summed E-state index contributed by atoms with van der Waals surface area (Å²) in [6.07, 6.45) is -9.80. The molecule has 7 nitrogen and oxygen atoms in total. The molecule has 12 heteroatoms. The minimum Gasteiger partial charge on any atom is -0.457 e. The number of carbonyl (C=O) groups is 1. The lowest BCUT2D eigenvalue weighted by atomic mass is 10.1. The van der Waals surface area contributed by atoms with E-state index in [1.807, 2.05) is 18.2 Å². The van der Waals surface area contributed by atoms with Crippen LogP contribution in [-0.4, -0.2) is 33.0 Å². The van der Waals surface area contributed by atoms with Gasteiger partial charge in [-0.2, -0.15) is 22.0 Å². The molecule has 0 aliphatic carbocycles. The first kappa shape index (κ1) is 27.3. The van der Waals surface area contributed by atoms with Gasteiger partial charge >= 0.3 is 12.3 Å². The van der Waals surface area contributed by atoms with Crippen LogP contribution in [0.1, 0.15) is 10.4 Å². The normalized spacial score (nSPS) is 11.6. The van der Waals surface area contributed by atoms with E-state index in [1.54, 1.807) is 60.7 Å². The fourth-order valence-electron chi connectivity index (χ4n) is 3.65. The Balaban J connectivity index is 1.25. The van der Waals surface area contributed by atoms with Crippen LogP contribution in [-0.2, 0) is 0 Å². The third kappa shape index (κ3) is 6.32. The summed E-state index contributed by atoms with van der Waals surface area (Å²) in [5.41, 5.74) is 1.82. The zero-order valence-corrected chi connectivity index (χ0v) is 20.8. The molecule has 41 heavy (non-hydrogen) atoms. The van der Waals surface area contributed by atoms with Crippen molar-refractivity contribution in [2.45, 2.75) is 12.3 Å². The van der Waals surface area contributed by atoms with Crippen LogP contribution in [0, 0.1) is 0 Å². The maximum absolute atomic E-state index is 13.1. The van der Waals surface area contributed by atoms with Crippen LogP contribution in [0.4, 0.5) is 27.6 Å². The lowest BCUT2D eigenvalue weighted by Crippen LogP contribution is -2.41. The molecule has 1 amide bonds. The summed E-state index contributed by atoms with van der Waals surface area (Å²) in [5.74, 6) is 0.274. The van der Waals surface area contributed by atoms with Crippen molar-refractivity contribution in [3.63, 3.8) is 0 Å². The van der Waals surface area contributed by atoms with Crippen LogP contribution in [0.5, 0.6) is 17.2 Å². The second-order valence-electron chi connectivity index (χ2n) is 8.57. The van der Waals surface area contributed by atoms with Gasteiger partial charge in [0.2, 0.25) is 0 Å². The summed E-state index contributed by atoms with van der Waals surface area (Å²) in [6, 6.07) is 27.1. The Hall–Kier alpha value is -5.26. The fourth-order valence-corrected chi connectivity index (χ4v) is 3.65. The number of nitrogens with one attached hydrogen (secondary N) is 1. The van der Waals surface area contributed by atoms with Crippen molar-refractivity contribution >= 4 is 11.6 Å². The van der Waals surface area contributed by atoms with Gasteiger partial charge in [0.15, 0.2) is 5.82 Å². The number of anilines is 1. The van der Waals surface area contributed by atoms with E-state index in [4.69, 9.17) is 4.74 Å². The van der Waals surface area contributed by atoms with Crippen molar-refractivity contribution in [1.82, 2.24) is 14.8 Å². The Morgan fingerprint density at radius 2 is 1.41 bits per heavy atom. The molecule has 4 aromatic carbocycles. The number of nitrogens with zero attached hydrogens (tertiary/aromatic N) is 3. The van der Waals surface area contributed by atoms with Crippen molar-refractivity contribution in [1.29, 1.82) is 0 Å². The number of rotatable bonds is 8. The van der Waals surface area contributed by atoms with Gasteiger partial charge in [0, 0.05) is 11.3 Å². The largest absolute Gasteiger partial charge is 0.499 e. The highest BCUT2D eigenvalue weighted by molar-refractivity contribution is 6.06. The van der Waals surface area contributed by atoms with E-state index in [9.17, 15) is 26.7 Å². The number of carbonyl (C=O) groups excluding carboxylic acids is 1. The lowest BCUT2D eigenvalue weighted by molar-refractivity contribution is -0.360. The van der Waals surface area contributed by atoms with Gasteiger partial charge < -0.3 is 14.8 Å². The van der Waals surface area contributed by atoms with E-state index in [0.29, 0.717) is 39.8 Å². The standard InChI is InChI=1S/C29H19F5N4O3/c30-28(31,32)29(33,34)41-23-16-14-21(15-17-23)38-18-35-26(37-38)19-10-12-20(13-11-19)36-27(39)24-8-4-5-9-25(24)40-22-6-2-1-3-7-22/h1-18H,(H,36,39). The fraction of sp³-hybridized carbons (Fsp3) is 0.0690. The third-order valence-electron chi connectivity index (χ3n) is 5.67. The summed E-state index contributed by atoms with van der Waals surface area (Å²) in [6.45, 7) is 0. The summed E-state index contributed by atoms with van der Waals surface area (Å²) >= 11 is 0. The Labute approximate surface area is 229 Å².